The number of rotatable bonds is 2. The summed E-state index contributed by atoms with van der Waals surface area (Å²) in [6.45, 7) is 3.03. The zero-order chi connectivity index (χ0) is 11.4. The number of amides is 1. The molecule has 1 aliphatic heterocycles. The van der Waals surface area contributed by atoms with Crippen LogP contribution in [0.25, 0.3) is 0 Å². The molecule has 0 bridgehead atoms. The third-order valence-electron chi connectivity index (χ3n) is 4.06. The lowest BCUT2D eigenvalue weighted by atomic mass is 9.88. The molecule has 16 heavy (non-hydrogen) atoms. The predicted molar refractivity (Wildman–Crippen MR) is 65.3 cm³/mol. The van der Waals surface area contributed by atoms with Crippen LogP contribution in [-0.2, 0) is 4.79 Å². The van der Waals surface area contributed by atoms with Gasteiger partial charge in [0.2, 0.25) is 5.91 Å². The first-order valence-electron chi connectivity index (χ1n) is 6.77. The molecule has 1 heterocycles. The Morgan fingerprint density at radius 3 is 2.56 bits per heavy atom. The van der Waals surface area contributed by atoms with E-state index < -0.39 is 0 Å². The quantitative estimate of drug-likeness (QED) is 0.753. The van der Waals surface area contributed by atoms with Gasteiger partial charge in [0.1, 0.15) is 0 Å². The maximum Gasteiger partial charge on any atom is 0.240 e. The van der Waals surface area contributed by atoms with Gasteiger partial charge in [0.05, 0.1) is 5.54 Å². The van der Waals surface area contributed by atoms with Gasteiger partial charge in [-0.2, -0.15) is 0 Å². The van der Waals surface area contributed by atoms with Crippen LogP contribution in [0.3, 0.4) is 0 Å². The van der Waals surface area contributed by atoms with Crippen molar-refractivity contribution in [3.63, 3.8) is 0 Å². The summed E-state index contributed by atoms with van der Waals surface area (Å²) >= 11 is 0. The summed E-state index contributed by atoms with van der Waals surface area (Å²) in [5.74, 6) is 0.221. The van der Waals surface area contributed by atoms with E-state index in [1.807, 2.05) is 6.92 Å². The standard InChI is InChI=1S/C13H24N2O/c1-13(9-5-6-10-14-13)12(16)15-11-7-3-2-4-8-11/h11,14H,2-10H2,1H3,(H,15,16). The summed E-state index contributed by atoms with van der Waals surface area (Å²) in [7, 11) is 0. The summed E-state index contributed by atoms with van der Waals surface area (Å²) in [4.78, 5) is 12.2. The summed E-state index contributed by atoms with van der Waals surface area (Å²) in [6.07, 6.45) is 9.56. The van der Waals surface area contributed by atoms with Crippen molar-refractivity contribution in [2.45, 2.75) is 69.9 Å². The van der Waals surface area contributed by atoms with E-state index >= 15 is 0 Å². The van der Waals surface area contributed by atoms with Gasteiger partial charge in [0.25, 0.3) is 0 Å². The van der Waals surface area contributed by atoms with E-state index in [-0.39, 0.29) is 11.4 Å². The molecule has 0 aromatic rings. The molecular weight excluding hydrogens is 200 g/mol. The second-order valence-electron chi connectivity index (χ2n) is 5.52. The summed E-state index contributed by atoms with van der Waals surface area (Å²) in [5.41, 5.74) is -0.310. The Labute approximate surface area is 98.4 Å². The lowest BCUT2D eigenvalue weighted by molar-refractivity contribution is -0.128. The van der Waals surface area contributed by atoms with E-state index in [1.165, 1.54) is 44.9 Å². The number of carbonyl (C=O) groups excluding carboxylic acids is 1. The highest BCUT2D eigenvalue weighted by atomic mass is 16.2. The molecule has 0 spiro atoms. The Kier molecular flexibility index (Phi) is 3.85. The molecule has 1 aliphatic carbocycles. The molecule has 0 aromatic heterocycles. The summed E-state index contributed by atoms with van der Waals surface area (Å²) < 4.78 is 0. The Balaban J connectivity index is 1.85. The van der Waals surface area contributed by atoms with Crippen LogP contribution in [-0.4, -0.2) is 24.0 Å². The molecule has 2 N–H and O–H groups in total. The fraction of sp³-hybridized carbons (Fsp3) is 0.923. The van der Waals surface area contributed by atoms with E-state index in [1.54, 1.807) is 0 Å². The number of piperidine rings is 1. The van der Waals surface area contributed by atoms with E-state index in [9.17, 15) is 4.79 Å². The number of carbonyl (C=O) groups is 1. The molecule has 0 aromatic carbocycles. The van der Waals surface area contributed by atoms with Crippen molar-refractivity contribution in [3.05, 3.63) is 0 Å². The van der Waals surface area contributed by atoms with Crippen LogP contribution in [0.1, 0.15) is 58.3 Å². The first-order chi connectivity index (χ1) is 7.71. The van der Waals surface area contributed by atoms with Crippen molar-refractivity contribution in [3.8, 4) is 0 Å². The fourth-order valence-corrected chi connectivity index (χ4v) is 2.84. The molecule has 1 amide bonds. The van der Waals surface area contributed by atoms with Crippen LogP contribution in [0.15, 0.2) is 0 Å². The Morgan fingerprint density at radius 2 is 1.94 bits per heavy atom. The third-order valence-corrected chi connectivity index (χ3v) is 4.06. The van der Waals surface area contributed by atoms with E-state index in [4.69, 9.17) is 0 Å². The first-order valence-corrected chi connectivity index (χ1v) is 6.77. The smallest absolute Gasteiger partial charge is 0.240 e. The van der Waals surface area contributed by atoms with E-state index in [0.717, 1.165) is 13.0 Å². The van der Waals surface area contributed by atoms with Crippen molar-refractivity contribution in [2.75, 3.05) is 6.54 Å². The van der Waals surface area contributed by atoms with Gasteiger partial charge in [-0.15, -0.1) is 0 Å². The average molecular weight is 224 g/mol. The van der Waals surface area contributed by atoms with E-state index in [2.05, 4.69) is 10.6 Å². The van der Waals surface area contributed by atoms with Crippen molar-refractivity contribution in [1.82, 2.24) is 10.6 Å². The molecule has 2 rings (SSSR count). The second-order valence-corrected chi connectivity index (χ2v) is 5.52. The molecule has 2 fully saturated rings. The highest BCUT2D eigenvalue weighted by Gasteiger charge is 2.35. The highest BCUT2D eigenvalue weighted by molar-refractivity contribution is 5.86. The molecule has 92 valence electrons. The molecule has 2 aliphatic rings. The molecule has 1 saturated carbocycles. The minimum absolute atomic E-state index is 0.221. The second kappa shape index (κ2) is 5.17. The Morgan fingerprint density at radius 1 is 1.19 bits per heavy atom. The van der Waals surface area contributed by atoms with Gasteiger partial charge in [-0.25, -0.2) is 0 Å². The number of hydrogen-bond donors (Lipinski definition) is 2. The van der Waals surface area contributed by atoms with Crippen LogP contribution >= 0.6 is 0 Å². The first kappa shape index (κ1) is 11.9. The zero-order valence-corrected chi connectivity index (χ0v) is 10.3. The van der Waals surface area contributed by atoms with Crippen molar-refractivity contribution >= 4 is 5.91 Å². The fourth-order valence-electron chi connectivity index (χ4n) is 2.84. The van der Waals surface area contributed by atoms with Crippen LogP contribution < -0.4 is 10.6 Å². The SMILES string of the molecule is CC1(C(=O)NC2CCCCC2)CCCCN1. The van der Waals surface area contributed by atoms with Crippen LogP contribution in [0.5, 0.6) is 0 Å². The molecule has 3 nitrogen and oxygen atoms in total. The van der Waals surface area contributed by atoms with Gasteiger partial charge in [0.15, 0.2) is 0 Å². The van der Waals surface area contributed by atoms with Gasteiger partial charge < -0.3 is 10.6 Å². The number of hydrogen-bond acceptors (Lipinski definition) is 2. The summed E-state index contributed by atoms with van der Waals surface area (Å²) in [5, 5.41) is 6.60. The van der Waals surface area contributed by atoms with Crippen LogP contribution in [0.4, 0.5) is 0 Å². The largest absolute Gasteiger partial charge is 0.352 e. The van der Waals surface area contributed by atoms with Crippen LogP contribution in [0, 0.1) is 0 Å². The molecule has 1 atom stereocenters. The monoisotopic (exact) mass is 224 g/mol. The van der Waals surface area contributed by atoms with Crippen LogP contribution in [0.2, 0.25) is 0 Å². The van der Waals surface area contributed by atoms with Crippen molar-refractivity contribution in [2.24, 2.45) is 0 Å². The lowest BCUT2D eigenvalue weighted by Gasteiger charge is -2.35. The van der Waals surface area contributed by atoms with E-state index in [0.29, 0.717) is 6.04 Å². The Bertz CT molecular complexity index is 240. The molecular formula is C13H24N2O. The maximum atomic E-state index is 12.2. The molecule has 0 radical (unpaired) electrons. The molecule has 1 unspecified atom stereocenters. The maximum absolute atomic E-state index is 12.2. The van der Waals surface area contributed by atoms with Gasteiger partial charge in [-0.1, -0.05) is 19.3 Å². The average Bonchev–Trinajstić information content (AvgIpc) is 2.31. The van der Waals surface area contributed by atoms with Gasteiger partial charge in [0, 0.05) is 6.04 Å². The zero-order valence-electron chi connectivity index (χ0n) is 10.3. The van der Waals surface area contributed by atoms with Gasteiger partial charge in [-0.3, -0.25) is 4.79 Å². The van der Waals surface area contributed by atoms with Gasteiger partial charge >= 0.3 is 0 Å². The summed E-state index contributed by atoms with van der Waals surface area (Å²) in [6, 6.07) is 0.432. The molecule has 3 heteroatoms. The minimum Gasteiger partial charge on any atom is -0.352 e. The predicted octanol–water partition coefficient (Wildman–Crippen LogP) is 1.97. The highest BCUT2D eigenvalue weighted by Crippen LogP contribution is 2.21. The van der Waals surface area contributed by atoms with Gasteiger partial charge in [-0.05, 0) is 45.6 Å². The van der Waals surface area contributed by atoms with Crippen molar-refractivity contribution in [1.29, 1.82) is 0 Å². The number of nitrogens with one attached hydrogen (secondary N) is 2. The molecule has 1 saturated heterocycles. The Hall–Kier alpha value is -0.570. The third kappa shape index (κ3) is 2.76. The normalized spacial score (nSPS) is 32.3. The minimum atomic E-state index is -0.310. The lowest BCUT2D eigenvalue weighted by Crippen LogP contribution is -2.58. The van der Waals surface area contributed by atoms with Crippen molar-refractivity contribution < 1.29 is 4.79 Å². The topological polar surface area (TPSA) is 41.1 Å².